The number of benzene rings is 2. The predicted octanol–water partition coefficient (Wildman–Crippen LogP) is 3.41. The van der Waals surface area contributed by atoms with Gasteiger partial charge in [-0.05, 0) is 24.3 Å². The second-order valence-corrected chi connectivity index (χ2v) is 5.85. The number of hydrogen-bond acceptors (Lipinski definition) is 8. The Hall–Kier alpha value is -4.46. The SMILES string of the molecule is ON=C(c1ccccc1)c1cccnn1.ON=C(c1ccccc1)c1cccnn1. The lowest BCUT2D eigenvalue weighted by atomic mass is 10.1. The first-order chi connectivity index (χ1) is 14.8. The maximum absolute atomic E-state index is 8.95. The van der Waals surface area contributed by atoms with E-state index in [2.05, 4.69) is 30.7 Å². The number of nitrogens with zero attached hydrogens (tertiary/aromatic N) is 6. The average molecular weight is 398 g/mol. The van der Waals surface area contributed by atoms with Gasteiger partial charge in [0.2, 0.25) is 0 Å². The Balaban J connectivity index is 0.000000171. The Morgan fingerprint density at radius 3 is 1.23 bits per heavy atom. The van der Waals surface area contributed by atoms with Crippen LogP contribution in [-0.2, 0) is 0 Å². The summed E-state index contributed by atoms with van der Waals surface area (Å²) in [4.78, 5) is 0. The van der Waals surface area contributed by atoms with Crippen LogP contribution in [-0.4, -0.2) is 42.2 Å². The molecule has 0 spiro atoms. The molecule has 2 aromatic carbocycles. The van der Waals surface area contributed by atoms with Crippen molar-refractivity contribution in [1.82, 2.24) is 20.4 Å². The summed E-state index contributed by atoms with van der Waals surface area (Å²) < 4.78 is 0. The fourth-order valence-corrected chi connectivity index (χ4v) is 2.56. The Morgan fingerprint density at radius 1 is 0.533 bits per heavy atom. The van der Waals surface area contributed by atoms with Crippen LogP contribution in [0.25, 0.3) is 0 Å². The zero-order valence-electron chi connectivity index (χ0n) is 15.8. The topological polar surface area (TPSA) is 117 Å². The largest absolute Gasteiger partial charge is 0.410 e. The van der Waals surface area contributed by atoms with Crippen molar-refractivity contribution in [2.24, 2.45) is 10.3 Å². The molecule has 148 valence electrons. The van der Waals surface area contributed by atoms with Crippen LogP contribution >= 0.6 is 0 Å². The molecular weight excluding hydrogens is 380 g/mol. The first-order valence-electron chi connectivity index (χ1n) is 8.94. The number of hydrogen-bond donors (Lipinski definition) is 2. The zero-order chi connectivity index (χ0) is 21.0. The Kier molecular flexibility index (Phi) is 7.28. The molecule has 4 aromatic rings. The lowest BCUT2D eigenvalue weighted by Crippen LogP contribution is -2.06. The van der Waals surface area contributed by atoms with Gasteiger partial charge in [0.25, 0.3) is 0 Å². The van der Waals surface area contributed by atoms with Gasteiger partial charge in [0, 0.05) is 23.5 Å². The Bertz CT molecular complexity index is 916. The molecule has 8 heteroatoms. The standard InChI is InChI=1S/2C11H9N3O/c2*15-14-11(9-5-2-1-3-6-9)10-7-4-8-12-13-10/h2*1-8,15H. The van der Waals surface area contributed by atoms with Crippen molar-refractivity contribution in [1.29, 1.82) is 0 Å². The van der Waals surface area contributed by atoms with E-state index >= 15 is 0 Å². The minimum Gasteiger partial charge on any atom is -0.410 e. The molecule has 0 radical (unpaired) electrons. The van der Waals surface area contributed by atoms with E-state index in [4.69, 9.17) is 10.4 Å². The van der Waals surface area contributed by atoms with Crippen molar-refractivity contribution >= 4 is 11.4 Å². The monoisotopic (exact) mass is 398 g/mol. The van der Waals surface area contributed by atoms with Crippen LogP contribution in [0, 0.1) is 0 Å². The van der Waals surface area contributed by atoms with Crippen LogP contribution in [0.4, 0.5) is 0 Å². The Morgan fingerprint density at radius 2 is 0.933 bits per heavy atom. The van der Waals surface area contributed by atoms with E-state index in [0.717, 1.165) is 11.1 Å². The summed E-state index contributed by atoms with van der Waals surface area (Å²) in [6.45, 7) is 0. The van der Waals surface area contributed by atoms with E-state index in [9.17, 15) is 0 Å². The van der Waals surface area contributed by atoms with Gasteiger partial charge in [-0.3, -0.25) is 0 Å². The summed E-state index contributed by atoms with van der Waals surface area (Å²) >= 11 is 0. The normalized spacial score (nSPS) is 11.3. The first kappa shape index (κ1) is 20.3. The maximum atomic E-state index is 8.95. The predicted molar refractivity (Wildman–Crippen MR) is 112 cm³/mol. The van der Waals surface area contributed by atoms with Crippen LogP contribution < -0.4 is 0 Å². The van der Waals surface area contributed by atoms with Crippen LogP contribution in [0.5, 0.6) is 0 Å². The molecule has 2 aromatic heterocycles. The first-order valence-corrected chi connectivity index (χ1v) is 8.94. The van der Waals surface area contributed by atoms with Gasteiger partial charge in [0.15, 0.2) is 0 Å². The van der Waals surface area contributed by atoms with Gasteiger partial charge < -0.3 is 10.4 Å². The van der Waals surface area contributed by atoms with Gasteiger partial charge >= 0.3 is 0 Å². The molecule has 0 saturated carbocycles. The van der Waals surface area contributed by atoms with Crippen molar-refractivity contribution in [3.63, 3.8) is 0 Å². The summed E-state index contributed by atoms with van der Waals surface area (Å²) in [5.74, 6) is 0. The molecule has 2 N–H and O–H groups in total. The van der Waals surface area contributed by atoms with Crippen LogP contribution in [0.1, 0.15) is 22.5 Å². The zero-order valence-corrected chi connectivity index (χ0v) is 15.8. The third kappa shape index (κ3) is 5.29. The molecule has 2 heterocycles. The van der Waals surface area contributed by atoms with E-state index in [-0.39, 0.29) is 0 Å². The second kappa shape index (κ2) is 10.8. The second-order valence-electron chi connectivity index (χ2n) is 5.85. The lowest BCUT2D eigenvalue weighted by molar-refractivity contribution is 0.319. The Labute approximate surface area is 172 Å². The summed E-state index contributed by atoms with van der Waals surface area (Å²) in [6, 6.07) is 25.7. The van der Waals surface area contributed by atoms with Crippen molar-refractivity contribution in [3.8, 4) is 0 Å². The fraction of sp³-hybridized carbons (Fsp3) is 0. The van der Waals surface area contributed by atoms with Gasteiger partial charge in [0.05, 0.1) is 0 Å². The molecule has 0 saturated heterocycles. The minimum absolute atomic E-state index is 0.420. The molecule has 0 fully saturated rings. The molecule has 0 atom stereocenters. The summed E-state index contributed by atoms with van der Waals surface area (Å²) in [6.07, 6.45) is 3.15. The summed E-state index contributed by atoms with van der Waals surface area (Å²) in [5, 5.41) is 39.6. The van der Waals surface area contributed by atoms with E-state index in [1.807, 2.05) is 60.7 Å². The fourth-order valence-electron chi connectivity index (χ4n) is 2.56. The molecule has 4 rings (SSSR count). The quantitative estimate of drug-likeness (QED) is 0.309. The third-order valence-corrected chi connectivity index (χ3v) is 3.92. The van der Waals surface area contributed by atoms with Gasteiger partial charge in [-0.25, -0.2) is 0 Å². The molecule has 0 amide bonds. The van der Waals surface area contributed by atoms with Crippen molar-refractivity contribution in [2.75, 3.05) is 0 Å². The highest BCUT2D eigenvalue weighted by atomic mass is 16.4. The van der Waals surface area contributed by atoms with Crippen molar-refractivity contribution in [3.05, 3.63) is 120 Å². The highest BCUT2D eigenvalue weighted by Gasteiger charge is 2.08. The van der Waals surface area contributed by atoms with Gasteiger partial charge in [-0.2, -0.15) is 10.2 Å². The van der Waals surface area contributed by atoms with Gasteiger partial charge in [0.1, 0.15) is 22.8 Å². The van der Waals surface area contributed by atoms with Gasteiger partial charge in [-0.15, -0.1) is 10.2 Å². The lowest BCUT2D eigenvalue weighted by Gasteiger charge is -2.01. The average Bonchev–Trinajstić information content (AvgIpc) is 2.83. The molecule has 0 unspecified atom stereocenters. The maximum Gasteiger partial charge on any atom is 0.137 e. The highest BCUT2D eigenvalue weighted by molar-refractivity contribution is 6.11. The smallest absolute Gasteiger partial charge is 0.137 e. The van der Waals surface area contributed by atoms with Crippen LogP contribution in [0.15, 0.2) is 108 Å². The molecule has 0 bridgehead atoms. The van der Waals surface area contributed by atoms with Gasteiger partial charge in [-0.1, -0.05) is 71.0 Å². The number of rotatable bonds is 4. The van der Waals surface area contributed by atoms with E-state index < -0.39 is 0 Å². The van der Waals surface area contributed by atoms with Crippen LogP contribution in [0.2, 0.25) is 0 Å². The van der Waals surface area contributed by atoms with E-state index in [1.54, 1.807) is 36.7 Å². The van der Waals surface area contributed by atoms with Crippen LogP contribution in [0.3, 0.4) is 0 Å². The molecule has 30 heavy (non-hydrogen) atoms. The number of oxime groups is 2. The third-order valence-electron chi connectivity index (χ3n) is 3.92. The highest BCUT2D eigenvalue weighted by Crippen LogP contribution is 2.08. The summed E-state index contributed by atoms with van der Waals surface area (Å²) in [5.41, 5.74) is 3.55. The van der Waals surface area contributed by atoms with E-state index in [0.29, 0.717) is 22.8 Å². The van der Waals surface area contributed by atoms with Crippen molar-refractivity contribution < 1.29 is 10.4 Å². The molecule has 0 aliphatic carbocycles. The minimum atomic E-state index is 0.420. The molecule has 8 nitrogen and oxygen atoms in total. The van der Waals surface area contributed by atoms with Crippen molar-refractivity contribution in [2.45, 2.75) is 0 Å². The molecular formula is C22H18N6O2. The summed E-state index contributed by atoms with van der Waals surface area (Å²) in [7, 11) is 0. The molecule has 0 aliphatic rings. The van der Waals surface area contributed by atoms with E-state index in [1.165, 1.54) is 0 Å². The molecule has 0 aliphatic heterocycles. The number of aromatic nitrogens is 4.